The van der Waals surface area contributed by atoms with Gasteiger partial charge < -0.3 is 10.1 Å². The molecule has 9 heteroatoms. The molecular formula is C27H22ClN3O5. The van der Waals surface area contributed by atoms with Gasteiger partial charge in [0.05, 0.1) is 16.4 Å². The molecule has 0 atom stereocenters. The van der Waals surface area contributed by atoms with Gasteiger partial charge in [0.25, 0.3) is 17.7 Å². The number of barbiturate groups is 1. The smallest absolute Gasteiger partial charge is 0.335 e. The van der Waals surface area contributed by atoms with E-state index < -0.39 is 23.8 Å². The zero-order valence-corrected chi connectivity index (χ0v) is 20.3. The molecular weight excluding hydrogens is 482 g/mol. The minimum Gasteiger partial charge on any atom is -0.484 e. The summed E-state index contributed by atoms with van der Waals surface area (Å²) >= 11 is 6.05. The van der Waals surface area contributed by atoms with Gasteiger partial charge in [0.1, 0.15) is 11.3 Å². The third kappa shape index (κ3) is 5.45. The fourth-order valence-electron chi connectivity index (χ4n) is 3.52. The molecule has 0 saturated carbocycles. The second-order valence-corrected chi connectivity index (χ2v) is 8.52. The fraction of sp³-hybridized carbons (Fsp3) is 0.111. The van der Waals surface area contributed by atoms with Crippen LogP contribution in [-0.4, -0.2) is 30.4 Å². The summed E-state index contributed by atoms with van der Waals surface area (Å²) < 4.78 is 5.56. The molecule has 1 aliphatic heterocycles. The molecule has 1 aliphatic rings. The Hall–Kier alpha value is -4.43. The van der Waals surface area contributed by atoms with E-state index in [1.54, 1.807) is 66.7 Å². The maximum absolute atomic E-state index is 13.1. The van der Waals surface area contributed by atoms with Crippen LogP contribution in [0.2, 0.25) is 5.02 Å². The summed E-state index contributed by atoms with van der Waals surface area (Å²) in [7, 11) is 0. The third-order valence-electron chi connectivity index (χ3n) is 5.54. The molecule has 0 unspecified atom stereocenters. The Morgan fingerprint density at radius 3 is 2.53 bits per heavy atom. The van der Waals surface area contributed by atoms with Crippen LogP contribution in [0.15, 0.2) is 72.3 Å². The van der Waals surface area contributed by atoms with Crippen molar-refractivity contribution in [2.45, 2.75) is 13.8 Å². The maximum atomic E-state index is 13.1. The highest BCUT2D eigenvalue weighted by atomic mass is 35.5. The highest BCUT2D eigenvalue weighted by Crippen LogP contribution is 2.25. The Morgan fingerprint density at radius 2 is 1.78 bits per heavy atom. The Morgan fingerprint density at radius 1 is 1.00 bits per heavy atom. The van der Waals surface area contributed by atoms with E-state index in [1.807, 2.05) is 13.8 Å². The van der Waals surface area contributed by atoms with Crippen molar-refractivity contribution in [2.24, 2.45) is 0 Å². The minimum atomic E-state index is -0.813. The van der Waals surface area contributed by atoms with Gasteiger partial charge in [-0.25, -0.2) is 9.69 Å². The summed E-state index contributed by atoms with van der Waals surface area (Å²) in [5.41, 5.74) is 3.01. The summed E-state index contributed by atoms with van der Waals surface area (Å²) in [6, 6.07) is 17.7. The average Bonchev–Trinajstić information content (AvgIpc) is 2.84. The van der Waals surface area contributed by atoms with Crippen molar-refractivity contribution in [3.8, 4) is 5.75 Å². The summed E-state index contributed by atoms with van der Waals surface area (Å²) in [5.74, 6) is -1.59. The average molecular weight is 504 g/mol. The van der Waals surface area contributed by atoms with Crippen LogP contribution in [0.4, 0.5) is 16.2 Å². The molecule has 5 amide bonds. The van der Waals surface area contributed by atoms with Crippen LogP contribution in [0.5, 0.6) is 5.75 Å². The van der Waals surface area contributed by atoms with E-state index in [0.717, 1.165) is 16.0 Å². The molecule has 3 aromatic carbocycles. The van der Waals surface area contributed by atoms with Crippen LogP contribution in [0.3, 0.4) is 0 Å². The summed E-state index contributed by atoms with van der Waals surface area (Å²) in [5, 5.41) is 5.28. The van der Waals surface area contributed by atoms with Gasteiger partial charge in [-0.05, 0) is 73.0 Å². The lowest BCUT2D eigenvalue weighted by Gasteiger charge is -2.26. The highest BCUT2D eigenvalue weighted by Gasteiger charge is 2.36. The number of amides is 5. The first kappa shape index (κ1) is 24.7. The van der Waals surface area contributed by atoms with Gasteiger partial charge in [0, 0.05) is 0 Å². The molecule has 1 heterocycles. The van der Waals surface area contributed by atoms with Crippen molar-refractivity contribution in [2.75, 3.05) is 16.8 Å². The van der Waals surface area contributed by atoms with Crippen molar-refractivity contribution in [3.05, 3.63) is 94.0 Å². The van der Waals surface area contributed by atoms with E-state index in [9.17, 15) is 19.2 Å². The standard InChI is InChI=1S/C27H22ClN3O5/c1-16-10-11-19(12-17(16)2)31-26(34)21(25(33)30-27(31)35)14-18-6-5-7-20(13-18)36-15-24(32)29-23-9-4-3-8-22(23)28/h3-14H,15H2,1-2H3,(H,29,32)(H,30,33,35)/b21-14-. The van der Waals surface area contributed by atoms with Gasteiger partial charge in [0.2, 0.25) is 0 Å². The van der Waals surface area contributed by atoms with Crippen LogP contribution in [0.25, 0.3) is 6.08 Å². The minimum absolute atomic E-state index is 0.207. The largest absolute Gasteiger partial charge is 0.484 e. The van der Waals surface area contributed by atoms with Crippen LogP contribution in [-0.2, 0) is 14.4 Å². The molecule has 8 nitrogen and oxygen atoms in total. The first-order valence-electron chi connectivity index (χ1n) is 11.0. The number of carbonyl (C=O) groups is 4. The molecule has 0 spiro atoms. The molecule has 2 N–H and O–H groups in total. The Labute approximate surface area is 212 Å². The number of halogens is 1. The van der Waals surface area contributed by atoms with Crippen LogP contribution in [0, 0.1) is 13.8 Å². The number of hydrogen-bond acceptors (Lipinski definition) is 5. The Bertz CT molecular complexity index is 1420. The topological polar surface area (TPSA) is 105 Å². The first-order chi connectivity index (χ1) is 17.2. The lowest BCUT2D eigenvalue weighted by molar-refractivity contribution is -0.122. The van der Waals surface area contributed by atoms with Crippen LogP contribution < -0.4 is 20.3 Å². The number of carbonyl (C=O) groups excluding carboxylic acids is 4. The first-order valence-corrected chi connectivity index (χ1v) is 11.4. The maximum Gasteiger partial charge on any atom is 0.335 e. The highest BCUT2D eigenvalue weighted by molar-refractivity contribution is 6.39. The normalized spacial score (nSPS) is 14.6. The second kappa shape index (κ2) is 10.5. The molecule has 0 radical (unpaired) electrons. The van der Waals surface area contributed by atoms with E-state index >= 15 is 0 Å². The number of nitrogens with zero attached hydrogens (tertiary/aromatic N) is 1. The summed E-state index contributed by atoms with van der Waals surface area (Å²) in [4.78, 5) is 51.2. The molecule has 0 bridgehead atoms. The van der Waals surface area contributed by atoms with Crippen LogP contribution >= 0.6 is 11.6 Å². The number of ether oxygens (including phenoxy) is 1. The quantitative estimate of drug-likeness (QED) is 0.376. The van der Waals surface area contributed by atoms with Gasteiger partial charge in [-0.2, -0.15) is 0 Å². The fourth-order valence-corrected chi connectivity index (χ4v) is 3.70. The molecule has 3 aromatic rings. The van der Waals surface area contributed by atoms with E-state index in [2.05, 4.69) is 10.6 Å². The van der Waals surface area contributed by atoms with Gasteiger partial charge in [-0.3, -0.25) is 19.7 Å². The van der Waals surface area contributed by atoms with Crippen molar-refractivity contribution in [3.63, 3.8) is 0 Å². The van der Waals surface area contributed by atoms with Crippen molar-refractivity contribution in [1.82, 2.24) is 5.32 Å². The number of rotatable bonds is 6. The lowest BCUT2D eigenvalue weighted by Crippen LogP contribution is -2.54. The molecule has 1 saturated heterocycles. The van der Waals surface area contributed by atoms with Gasteiger partial charge in [-0.15, -0.1) is 0 Å². The number of urea groups is 1. The van der Waals surface area contributed by atoms with E-state index in [0.29, 0.717) is 27.7 Å². The molecule has 36 heavy (non-hydrogen) atoms. The van der Waals surface area contributed by atoms with E-state index in [4.69, 9.17) is 16.3 Å². The zero-order chi connectivity index (χ0) is 25.8. The second-order valence-electron chi connectivity index (χ2n) is 8.12. The van der Waals surface area contributed by atoms with Crippen molar-refractivity contribution >= 4 is 52.8 Å². The number of benzene rings is 3. The number of nitrogens with one attached hydrogen (secondary N) is 2. The molecule has 1 fully saturated rings. The Kier molecular flexibility index (Phi) is 7.17. The van der Waals surface area contributed by atoms with Crippen molar-refractivity contribution in [1.29, 1.82) is 0 Å². The number of para-hydroxylation sites is 1. The Balaban J connectivity index is 1.50. The molecule has 0 aliphatic carbocycles. The van der Waals surface area contributed by atoms with Gasteiger partial charge >= 0.3 is 6.03 Å². The van der Waals surface area contributed by atoms with Gasteiger partial charge in [-0.1, -0.05) is 41.9 Å². The van der Waals surface area contributed by atoms with Crippen LogP contribution in [0.1, 0.15) is 16.7 Å². The number of anilines is 2. The predicted octanol–water partition coefficient (Wildman–Crippen LogP) is 4.64. The van der Waals surface area contributed by atoms with Gasteiger partial charge in [0.15, 0.2) is 6.61 Å². The monoisotopic (exact) mass is 503 g/mol. The summed E-state index contributed by atoms with van der Waals surface area (Å²) in [6.07, 6.45) is 1.37. The van der Waals surface area contributed by atoms with E-state index in [1.165, 1.54) is 6.08 Å². The number of imide groups is 2. The molecule has 182 valence electrons. The molecule has 0 aromatic heterocycles. The van der Waals surface area contributed by atoms with Crippen molar-refractivity contribution < 1.29 is 23.9 Å². The molecule has 4 rings (SSSR count). The zero-order valence-electron chi connectivity index (χ0n) is 19.5. The SMILES string of the molecule is Cc1ccc(N2C(=O)NC(=O)/C(=C/c3cccc(OCC(=O)Nc4ccccc4Cl)c3)C2=O)cc1C. The third-order valence-corrected chi connectivity index (χ3v) is 5.87. The summed E-state index contributed by atoms with van der Waals surface area (Å²) in [6.45, 7) is 3.51. The predicted molar refractivity (Wildman–Crippen MR) is 137 cm³/mol. The number of hydrogen-bond donors (Lipinski definition) is 2. The van der Waals surface area contributed by atoms with E-state index in [-0.39, 0.29) is 12.2 Å². The number of aryl methyl sites for hydroxylation is 2. The lowest BCUT2D eigenvalue weighted by atomic mass is 10.0.